The summed E-state index contributed by atoms with van der Waals surface area (Å²) in [5.41, 5.74) is 1.84. The minimum atomic E-state index is -0.569. The van der Waals surface area contributed by atoms with Crippen molar-refractivity contribution >= 4 is 17.5 Å². The molecule has 1 fully saturated rings. The molecule has 0 spiro atoms. The maximum Gasteiger partial charge on any atom is 0.243 e. The summed E-state index contributed by atoms with van der Waals surface area (Å²) in [5.74, 6) is -0.747. The lowest BCUT2D eigenvalue weighted by Crippen LogP contribution is -2.40. The number of aliphatic hydroxyl groups is 1. The van der Waals surface area contributed by atoms with Crippen LogP contribution in [-0.2, 0) is 9.59 Å². The molecule has 21 heavy (non-hydrogen) atoms. The molecule has 0 bridgehead atoms. The van der Waals surface area contributed by atoms with Crippen LogP contribution >= 0.6 is 0 Å². The predicted octanol–water partition coefficient (Wildman–Crippen LogP) is 1.55. The highest BCUT2D eigenvalue weighted by Crippen LogP contribution is 2.26. The molecule has 0 aromatic heterocycles. The first-order valence-electron chi connectivity index (χ1n) is 7.27. The Hall–Kier alpha value is -1.88. The van der Waals surface area contributed by atoms with Gasteiger partial charge in [-0.1, -0.05) is 17.7 Å². The number of carbonyl (C=O) groups is 2. The van der Waals surface area contributed by atoms with Crippen LogP contribution in [0, 0.1) is 12.8 Å². The van der Waals surface area contributed by atoms with Crippen molar-refractivity contribution in [2.75, 3.05) is 18.9 Å². The second-order valence-corrected chi connectivity index (χ2v) is 5.71. The number of hydrogen-bond acceptors (Lipinski definition) is 3. The molecule has 2 N–H and O–H groups in total. The molecular weight excluding hydrogens is 268 g/mol. The molecule has 0 radical (unpaired) electrons. The number of nitrogens with one attached hydrogen (secondary N) is 1. The van der Waals surface area contributed by atoms with Gasteiger partial charge in [0.25, 0.3) is 0 Å². The highest BCUT2D eigenvalue weighted by molar-refractivity contribution is 5.94. The molecule has 1 aliphatic carbocycles. The number of nitrogens with zero attached hydrogens (tertiary/aromatic N) is 1. The summed E-state index contributed by atoms with van der Waals surface area (Å²) >= 11 is 0. The fraction of sp³-hybridized carbons (Fsp3) is 0.500. The van der Waals surface area contributed by atoms with E-state index in [4.69, 9.17) is 0 Å². The Morgan fingerprint density at radius 2 is 1.95 bits per heavy atom. The summed E-state index contributed by atoms with van der Waals surface area (Å²) in [5, 5.41) is 12.5. The van der Waals surface area contributed by atoms with Gasteiger partial charge in [0.05, 0.1) is 18.6 Å². The minimum Gasteiger partial charge on any atom is -0.392 e. The smallest absolute Gasteiger partial charge is 0.243 e. The van der Waals surface area contributed by atoms with Crippen molar-refractivity contribution in [2.24, 2.45) is 5.92 Å². The second-order valence-electron chi connectivity index (χ2n) is 5.71. The number of benzene rings is 1. The van der Waals surface area contributed by atoms with Crippen LogP contribution in [0.25, 0.3) is 0 Å². The van der Waals surface area contributed by atoms with Gasteiger partial charge in [-0.3, -0.25) is 9.59 Å². The fourth-order valence-electron chi connectivity index (χ4n) is 2.64. The molecular formula is C16H22N2O3. The van der Waals surface area contributed by atoms with Crippen molar-refractivity contribution in [3.63, 3.8) is 0 Å². The molecule has 5 nitrogen and oxygen atoms in total. The topological polar surface area (TPSA) is 69.6 Å². The average molecular weight is 290 g/mol. The van der Waals surface area contributed by atoms with Gasteiger partial charge in [0.15, 0.2) is 0 Å². The quantitative estimate of drug-likeness (QED) is 0.884. The zero-order valence-corrected chi connectivity index (χ0v) is 12.5. The van der Waals surface area contributed by atoms with E-state index in [0.29, 0.717) is 18.5 Å². The summed E-state index contributed by atoms with van der Waals surface area (Å²) in [7, 11) is 1.60. The number of amides is 2. The molecule has 1 aromatic carbocycles. The summed E-state index contributed by atoms with van der Waals surface area (Å²) in [6.07, 6.45) is 1.66. The number of carbonyl (C=O) groups excluding carboxylic acids is 2. The van der Waals surface area contributed by atoms with Crippen molar-refractivity contribution in [3.8, 4) is 0 Å². The van der Waals surface area contributed by atoms with Gasteiger partial charge < -0.3 is 15.3 Å². The van der Waals surface area contributed by atoms with Crippen LogP contribution in [0.2, 0.25) is 0 Å². The Labute approximate surface area is 125 Å². The van der Waals surface area contributed by atoms with Gasteiger partial charge in [-0.2, -0.15) is 0 Å². The number of aryl methyl sites for hydroxylation is 1. The van der Waals surface area contributed by atoms with Gasteiger partial charge in [-0.25, -0.2) is 0 Å². The van der Waals surface area contributed by atoms with Gasteiger partial charge in [-0.15, -0.1) is 0 Å². The molecule has 1 aromatic rings. The third kappa shape index (κ3) is 4.04. The molecule has 1 aliphatic rings. The average Bonchev–Trinajstić information content (AvgIpc) is 2.86. The van der Waals surface area contributed by atoms with E-state index in [0.717, 1.165) is 12.0 Å². The van der Waals surface area contributed by atoms with E-state index in [1.807, 2.05) is 31.2 Å². The Balaban J connectivity index is 1.86. The van der Waals surface area contributed by atoms with E-state index < -0.39 is 6.10 Å². The van der Waals surface area contributed by atoms with Crippen LogP contribution in [0.3, 0.4) is 0 Å². The molecule has 114 valence electrons. The lowest BCUT2D eigenvalue weighted by atomic mass is 10.0. The fourth-order valence-corrected chi connectivity index (χ4v) is 2.64. The zero-order valence-electron chi connectivity index (χ0n) is 12.5. The molecule has 0 heterocycles. The largest absolute Gasteiger partial charge is 0.392 e. The SMILES string of the molecule is Cc1ccc(NC(=O)CN(C)C(=O)C2CCCC2O)cc1. The Bertz CT molecular complexity index is 513. The first-order chi connectivity index (χ1) is 9.97. The van der Waals surface area contributed by atoms with Gasteiger partial charge in [-0.05, 0) is 38.3 Å². The molecule has 2 unspecified atom stereocenters. The van der Waals surface area contributed by atoms with Gasteiger partial charge in [0, 0.05) is 12.7 Å². The molecule has 0 saturated heterocycles. The number of aliphatic hydroxyl groups excluding tert-OH is 1. The van der Waals surface area contributed by atoms with Crippen molar-refractivity contribution in [1.82, 2.24) is 4.90 Å². The molecule has 5 heteroatoms. The number of rotatable bonds is 4. The van der Waals surface area contributed by atoms with E-state index in [1.165, 1.54) is 4.90 Å². The van der Waals surface area contributed by atoms with Crippen molar-refractivity contribution in [1.29, 1.82) is 0 Å². The Kier molecular flexibility index (Phi) is 4.96. The van der Waals surface area contributed by atoms with Gasteiger partial charge >= 0.3 is 0 Å². The lowest BCUT2D eigenvalue weighted by Gasteiger charge is -2.22. The van der Waals surface area contributed by atoms with E-state index in [2.05, 4.69) is 5.32 Å². The highest BCUT2D eigenvalue weighted by Gasteiger charge is 2.33. The first-order valence-corrected chi connectivity index (χ1v) is 7.27. The van der Waals surface area contributed by atoms with Crippen molar-refractivity contribution in [3.05, 3.63) is 29.8 Å². The third-order valence-corrected chi connectivity index (χ3v) is 3.89. The van der Waals surface area contributed by atoms with E-state index >= 15 is 0 Å². The summed E-state index contributed by atoms with van der Waals surface area (Å²) < 4.78 is 0. The standard InChI is InChI=1S/C16H22N2O3/c1-11-6-8-12(9-7-11)17-15(20)10-18(2)16(21)13-4-3-5-14(13)19/h6-9,13-14,19H,3-5,10H2,1-2H3,(H,17,20). The third-order valence-electron chi connectivity index (χ3n) is 3.89. The van der Waals surface area contributed by atoms with Gasteiger partial charge in [0.1, 0.15) is 0 Å². The zero-order chi connectivity index (χ0) is 15.4. The highest BCUT2D eigenvalue weighted by atomic mass is 16.3. The lowest BCUT2D eigenvalue weighted by molar-refractivity contribution is -0.139. The molecule has 2 atom stereocenters. The van der Waals surface area contributed by atoms with E-state index in [-0.39, 0.29) is 24.3 Å². The van der Waals surface area contributed by atoms with Gasteiger partial charge in [0.2, 0.25) is 11.8 Å². The number of anilines is 1. The first kappa shape index (κ1) is 15.5. The number of likely N-dealkylation sites (N-methyl/N-ethyl adjacent to an activating group) is 1. The molecule has 1 saturated carbocycles. The Morgan fingerprint density at radius 3 is 2.52 bits per heavy atom. The Morgan fingerprint density at radius 1 is 1.29 bits per heavy atom. The van der Waals surface area contributed by atoms with Crippen LogP contribution in [0.15, 0.2) is 24.3 Å². The maximum absolute atomic E-state index is 12.2. The second kappa shape index (κ2) is 6.72. The summed E-state index contributed by atoms with van der Waals surface area (Å²) in [4.78, 5) is 25.5. The minimum absolute atomic E-state index is 0.00404. The number of hydrogen-bond donors (Lipinski definition) is 2. The van der Waals surface area contributed by atoms with Crippen molar-refractivity contribution in [2.45, 2.75) is 32.3 Å². The summed E-state index contributed by atoms with van der Waals surface area (Å²) in [6, 6.07) is 7.49. The van der Waals surface area contributed by atoms with Crippen LogP contribution in [-0.4, -0.2) is 41.5 Å². The summed E-state index contributed by atoms with van der Waals surface area (Å²) in [6.45, 7) is 1.97. The van der Waals surface area contributed by atoms with Crippen LogP contribution < -0.4 is 5.32 Å². The van der Waals surface area contributed by atoms with E-state index in [1.54, 1.807) is 7.05 Å². The van der Waals surface area contributed by atoms with Crippen LogP contribution in [0.1, 0.15) is 24.8 Å². The predicted molar refractivity (Wildman–Crippen MR) is 80.8 cm³/mol. The van der Waals surface area contributed by atoms with Crippen LogP contribution in [0.4, 0.5) is 5.69 Å². The normalized spacial score (nSPS) is 21.1. The van der Waals surface area contributed by atoms with Crippen LogP contribution in [0.5, 0.6) is 0 Å². The maximum atomic E-state index is 12.2. The van der Waals surface area contributed by atoms with E-state index in [9.17, 15) is 14.7 Å². The molecule has 2 amide bonds. The van der Waals surface area contributed by atoms with Crippen molar-refractivity contribution < 1.29 is 14.7 Å². The molecule has 2 rings (SSSR count). The monoisotopic (exact) mass is 290 g/mol. The molecule has 0 aliphatic heterocycles.